The van der Waals surface area contributed by atoms with Gasteiger partial charge in [0.2, 0.25) is 11.7 Å². The van der Waals surface area contributed by atoms with Crippen molar-refractivity contribution in [2.75, 3.05) is 0 Å². The van der Waals surface area contributed by atoms with Gasteiger partial charge in [-0.2, -0.15) is 4.98 Å². The van der Waals surface area contributed by atoms with Crippen LogP contribution < -0.4 is 5.32 Å². The molecule has 2 aromatic carbocycles. The van der Waals surface area contributed by atoms with Crippen LogP contribution in [0.15, 0.2) is 53.1 Å². The molecule has 0 aliphatic carbocycles. The van der Waals surface area contributed by atoms with Crippen molar-refractivity contribution >= 4 is 16.9 Å². The molecule has 0 aliphatic rings. The van der Waals surface area contributed by atoms with Crippen LogP contribution in [0.1, 0.15) is 36.1 Å². The Bertz CT molecular complexity index is 1090. The fraction of sp³-hybridized carbons (Fsp3) is 0.211. The van der Waals surface area contributed by atoms with E-state index in [1.807, 2.05) is 48.0 Å². The average Bonchev–Trinajstić information content (AvgIpc) is 3.35. The molecule has 1 atom stereocenters. The van der Waals surface area contributed by atoms with E-state index >= 15 is 0 Å². The standard InChI is InChI=1S/C19H18N6O2/c1-3-25-16-11-14(9-10-15(16)22-24-25)17-21-19(27-23-17)12(2)20-18(26)13-7-5-4-6-8-13/h4-12H,3H2,1-2H3,(H,20,26)/t12-/m0/s1. The minimum atomic E-state index is -0.412. The second-order valence-corrected chi connectivity index (χ2v) is 6.13. The summed E-state index contributed by atoms with van der Waals surface area (Å²) in [6, 6.07) is 14.3. The number of amides is 1. The SMILES string of the molecule is CCn1nnc2ccc(-c3noc([C@H](C)NC(=O)c4ccccc4)n3)cc21. The Morgan fingerprint density at radius 2 is 2.04 bits per heavy atom. The zero-order chi connectivity index (χ0) is 18.8. The van der Waals surface area contributed by atoms with Gasteiger partial charge < -0.3 is 9.84 Å². The lowest BCUT2D eigenvalue weighted by atomic mass is 10.2. The summed E-state index contributed by atoms with van der Waals surface area (Å²) >= 11 is 0. The van der Waals surface area contributed by atoms with Gasteiger partial charge in [-0.25, -0.2) is 4.68 Å². The van der Waals surface area contributed by atoms with E-state index in [-0.39, 0.29) is 5.91 Å². The Labute approximate surface area is 155 Å². The van der Waals surface area contributed by atoms with Crippen LogP contribution in [-0.4, -0.2) is 31.0 Å². The number of carbonyl (C=O) groups is 1. The monoisotopic (exact) mass is 362 g/mol. The second kappa shape index (κ2) is 6.99. The van der Waals surface area contributed by atoms with Crippen LogP contribution in [0.5, 0.6) is 0 Å². The molecular weight excluding hydrogens is 344 g/mol. The van der Waals surface area contributed by atoms with Gasteiger partial charge >= 0.3 is 0 Å². The summed E-state index contributed by atoms with van der Waals surface area (Å²) in [5, 5.41) is 15.1. The number of carbonyl (C=O) groups excluding carboxylic acids is 1. The van der Waals surface area contributed by atoms with Crippen molar-refractivity contribution in [3.05, 3.63) is 60.0 Å². The summed E-state index contributed by atoms with van der Waals surface area (Å²) in [5.74, 6) is 0.607. The third-order valence-corrected chi connectivity index (χ3v) is 4.27. The van der Waals surface area contributed by atoms with Gasteiger partial charge in [0, 0.05) is 17.7 Å². The maximum absolute atomic E-state index is 12.3. The molecule has 1 N–H and O–H groups in total. The molecule has 2 heterocycles. The van der Waals surface area contributed by atoms with E-state index in [1.54, 1.807) is 19.1 Å². The molecule has 27 heavy (non-hydrogen) atoms. The summed E-state index contributed by atoms with van der Waals surface area (Å²) in [5.41, 5.74) is 3.10. The quantitative estimate of drug-likeness (QED) is 0.586. The van der Waals surface area contributed by atoms with Crippen LogP contribution in [0.2, 0.25) is 0 Å². The normalized spacial score (nSPS) is 12.2. The van der Waals surface area contributed by atoms with Crippen molar-refractivity contribution in [3.8, 4) is 11.4 Å². The van der Waals surface area contributed by atoms with Gasteiger partial charge in [-0.05, 0) is 44.2 Å². The molecule has 2 aromatic heterocycles. The van der Waals surface area contributed by atoms with E-state index in [1.165, 1.54) is 0 Å². The lowest BCUT2D eigenvalue weighted by Gasteiger charge is -2.09. The molecule has 136 valence electrons. The minimum absolute atomic E-state index is 0.192. The lowest BCUT2D eigenvalue weighted by molar-refractivity contribution is 0.0932. The molecule has 8 nitrogen and oxygen atoms in total. The van der Waals surface area contributed by atoms with Crippen molar-refractivity contribution in [2.24, 2.45) is 0 Å². The maximum Gasteiger partial charge on any atom is 0.251 e. The number of hydrogen-bond donors (Lipinski definition) is 1. The van der Waals surface area contributed by atoms with Gasteiger partial charge in [-0.1, -0.05) is 28.6 Å². The van der Waals surface area contributed by atoms with Gasteiger partial charge in [-0.15, -0.1) is 5.10 Å². The summed E-state index contributed by atoms with van der Waals surface area (Å²) in [4.78, 5) is 16.7. The van der Waals surface area contributed by atoms with E-state index in [0.717, 1.165) is 23.1 Å². The van der Waals surface area contributed by atoms with E-state index in [2.05, 4.69) is 25.8 Å². The second-order valence-electron chi connectivity index (χ2n) is 6.13. The minimum Gasteiger partial charge on any atom is -0.341 e. The fourth-order valence-corrected chi connectivity index (χ4v) is 2.80. The van der Waals surface area contributed by atoms with Crippen molar-refractivity contribution in [3.63, 3.8) is 0 Å². The summed E-state index contributed by atoms with van der Waals surface area (Å²) in [7, 11) is 0. The summed E-state index contributed by atoms with van der Waals surface area (Å²) < 4.78 is 7.16. The largest absolute Gasteiger partial charge is 0.341 e. The molecule has 0 saturated carbocycles. The predicted octanol–water partition coefficient (Wildman–Crippen LogP) is 2.99. The number of fused-ring (bicyclic) bond motifs is 1. The first-order valence-corrected chi connectivity index (χ1v) is 8.69. The first-order valence-electron chi connectivity index (χ1n) is 8.69. The highest BCUT2D eigenvalue weighted by Gasteiger charge is 2.18. The molecule has 8 heteroatoms. The molecule has 0 fully saturated rings. The van der Waals surface area contributed by atoms with Crippen LogP contribution in [0.4, 0.5) is 0 Å². The van der Waals surface area contributed by atoms with Crippen molar-refractivity contribution in [1.82, 2.24) is 30.5 Å². The fourth-order valence-electron chi connectivity index (χ4n) is 2.80. The molecule has 0 saturated heterocycles. The van der Waals surface area contributed by atoms with Gasteiger partial charge in [0.25, 0.3) is 5.91 Å². The number of rotatable bonds is 5. The Kier molecular flexibility index (Phi) is 4.37. The number of hydrogen-bond acceptors (Lipinski definition) is 6. The lowest BCUT2D eigenvalue weighted by Crippen LogP contribution is -2.26. The first-order chi connectivity index (χ1) is 13.2. The average molecular weight is 362 g/mol. The number of aryl methyl sites for hydroxylation is 1. The summed E-state index contributed by atoms with van der Waals surface area (Å²) in [6.45, 7) is 4.53. The van der Waals surface area contributed by atoms with E-state index in [9.17, 15) is 4.79 Å². The van der Waals surface area contributed by atoms with Crippen molar-refractivity contribution in [2.45, 2.75) is 26.4 Å². The molecule has 4 rings (SSSR count). The third-order valence-electron chi connectivity index (χ3n) is 4.27. The van der Waals surface area contributed by atoms with Gasteiger partial charge in [-0.3, -0.25) is 4.79 Å². The highest BCUT2D eigenvalue weighted by molar-refractivity contribution is 5.94. The van der Waals surface area contributed by atoms with E-state index in [0.29, 0.717) is 17.3 Å². The van der Waals surface area contributed by atoms with Crippen LogP contribution in [0, 0.1) is 0 Å². The number of nitrogens with zero attached hydrogens (tertiary/aromatic N) is 5. The zero-order valence-electron chi connectivity index (χ0n) is 15.0. The van der Waals surface area contributed by atoms with Gasteiger partial charge in [0.15, 0.2) is 0 Å². The van der Waals surface area contributed by atoms with Crippen LogP contribution in [0.3, 0.4) is 0 Å². The molecule has 0 bridgehead atoms. The molecule has 4 aromatic rings. The Morgan fingerprint density at radius 1 is 1.22 bits per heavy atom. The third kappa shape index (κ3) is 3.29. The number of nitrogens with one attached hydrogen (secondary N) is 1. The maximum atomic E-state index is 12.3. The Balaban J connectivity index is 1.55. The van der Waals surface area contributed by atoms with Crippen molar-refractivity contribution in [1.29, 1.82) is 0 Å². The first kappa shape index (κ1) is 16.9. The smallest absolute Gasteiger partial charge is 0.251 e. The zero-order valence-corrected chi connectivity index (χ0v) is 15.0. The molecular formula is C19H18N6O2. The van der Waals surface area contributed by atoms with Gasteiger partial charge in [0.05, 0.1) is 5.52 Å². The van der Waals surface area contributed by atoms with Gasteiger partial charge in [0.1, 0.15) is 11.6 Å². The van der Waals surface area contributed by atoms with Crippen LogP contribution in [-0.2, 0) is 6.54 Å². The topological polar surface area (TPSA) is 98.7 Å². The van der Waals surface area contributed by atoms with E-state index in [4.69, 9.17) is 4.52 Å². The summed E-state index contributed by atoms with van der Waals surface area (Å²) in [6.07, 6.45) is 0. The van der Waals surface area contributed by atoms with Crippen molar-refractivity contribution < 1.29 is 9.32 Å². The van der Waals surface area contributed by atoms with E-state index < -0.39 is 6.04 Å². The molecule has 0 spiro atoms. The Morgan fingerprint density at radius 3 is 2.81 bits per heavy atom. The Hall–Kier alpha value is -3.55. The molecule has 0 radical (unpaired) electrons. The van der Waals surface area contributed by atoms with Crippen LogP contribution >= 0.6 is 0 Å². The number of aromatic nitrogens is 5. The highest BCUT2D eigenvalue weighted by Crippen LogP contribution is 2.23. The molecule has 0 unspecified atom stereocenters. The molecule has 1 amide bonds. The number of benzene rings is 2. The van der Waals surface area contributed by atoms with Crippen LogP contribution in [0.25, 0.3) is 22.4 Å². The highest BCUT2D eigenvalue weighted by atomic mass is 16.5. The predicted molar refractivity (Wildman–Crippen MR) is 98.8 cm³/mol. The molecule has 0 aliphatic heterocycles.